The van der Waals surface area contributed by atoms with Gasteiger partial charge in [0.05, 0.1) is 12.6 Å². The molecule has 0 spiro atoms. The van der Waals surface area contributed by atoms with Crippen LogP contribution in [0.4, 0.5) is 10.5 Å². The zero-order valence-electron chi connectivity index (χ0n) is 15.3. The largest absolute Gasteiger partial charge is 0.448 e. The number of amides is 1. The van der Waals surface area contributed by atoms with Gasteiger partial charge in [0.2, 0.25) is 0 Å². The van der Waals surface area contributed by atoms with E-state index in [0.717, 1.165) is 30.6 Å². The van der Waals surface area contributed by atoms with Crippen LogP contribution < -0.4 is 4.90 Å². The molecule has 2 fully saturated rings. The van der Waals surface area contributed by atoms with Crippen LogP contribution in [0.3, 0.4) is 0 Å². The molecule has 2 saturated heterocycles. The first-order chi connectivity index (χ1) is 13.5. The molecule has 0 bridgehead atoms. The molecule has 7 heteroatoms. The molecule has 28 heavy (non-hydrogen) atoms. The molecule has 2 heterocycles. The Morgan fingerprint density at radius 1 is 1.00 bits per heavy atom. The highest BCUT2D eigenvalue weighted by Crippen LogP contribution is 2.40. The summed E-state index contributed by atoms with van der Waals surface area (Å²) in [5.74, 6) is 0.364. The number of anilines is 1. The van der Waals surface area contributed by atoms with Crippen molar-refractivity contribution in [1.82, 2.24) is 4.90 Å². The summed E-state index contributed by atoms with van der Waals surface area (Å²) in [6, 6.07) is 13.7. The van der Waals surface area contributed by atoms with Gasteiger partial charge >= 0.3 is 6.09 Å². The van der Waals surface area contributed by atoms with Crippen molar-refractivity contribution in [2.24, 2.45) is 5.92 Å². The molecular weight excluding hydrogens is 419 g/mol. The molecule has 2 aliphatic heterocycles. The van der Waals surface area contributed by atoms with Crippen molar-refractivity contribution in [3.63, 3.8) is 0 Å². The van der Waals surface area contributed by atoms with Crippen molar-refractivity contribution < 1.29 is 9.53 Å². The number of cyclic esters (lactones) is 1. The highest BCUT2D eigenvalue weighted by atomic mass is 35.5. The summed E-state index contributed by atoms with van der Waals surface area (Å²) in [5.41, 5.74) is 2.16. The van der Waals surface area contributed by atoms with Crippen LogP contribution in [0.2, 0.25) is 15.1 Å². The normalized spacial score (nSPS) is 22.5. The highest BCUT2D eigenvalue weighted by Gasteiger charge is 2.33. The Morgan fingerprint density at radius 3 is 2.43 bits per heavy atom. The standard InChI is InChI=1S/C21H21Cl3N2O2/c22-15-2-5-17(6-3-15)26-13-14(12-25-9-10-28-21(25)27)1-8-20(26)18-7-4-16(23)11-19(18)24/h2-7,11,14,20H,1,8-10,12-13H2/t14-,20?/m0/s1. The smallest absolute Gasteiger partial charge is 0.409 e. The lowest BCUT2D eigenvalue weighted by Crippen LogP contribution is -2.43. The molecule has 0 saturated carbocycles. The number of ether oxygens (including phenoxy) is 1. The van der Waals surface area contributed by atoms with Crippen LogP contribution in [0.15, 0.2) is 42.5 Å². The van der Waals surface area contributed by atoms with Crippen molar-refractivity contribution in [3.05, 3.63) is 63.1 Å². The highest BCUT2D eigenvalue weighted by molar-refractivity contribution is 6.35. The lowest BCUT2D eigenvalue weighted by Gasteiger charge is -2.42. The maximum atomic E-state index is 11.8. The third-order valence-corrected chi connectivity index (χ3v) is 6.30. The molecule has 2 aromatic rings. The molecule has 0 aliphatic carbocycles. The Bertz CT molecular complexity index is 859. The Balaban J connectivity index is 1.60. The molecular formula is C21H21Cl3N2O2. The van der Waals surface area contributed by atoms with E-state index in [-0.39, 0.29) is 12.1 Å². The Hall–Kier alpha value is -1.62. The topological polar surface area (TPSA) is 32.8 Å². The second-order valence-corrected chi connectivity index (χ2v) is 8.59. The fourth-order valence-corrected chi connectivity index (χ4v) is 4.77. The lowest BCUT2D eigenvalue weighted by atomic mass is 9.88. The molecule has 4 nitrogen and oxygen atoms in total. The fraction of sp³-hybridized carbons (Fsp3) is 0.381. The first-order valence-electron chi connectivity index (χ1n) is 9.40. The van der Waals surface area contributed by atoms with Gasteiger partial charge in [-0.3, -0.25) is 0 Å². The van der Waals surface area contributed by atoms with Crippen molar-refractivity contribution in [2.75, 3.05) is 31.1 Å². The summed E-state index contributed by atoms with van der Waals surface area (Å²) in [4.78, 5) is 16.0. The molecule has 0 N–H and O–H groups in total. The summed E-state index contributed by atoms with van der Waals surface area (Å²) in [6.07, 6.45) is 1.75. The van der Waals surface area contributed by atoms with E-state index in [9.17, 15) is 4.79 Å². The van der Waals surface area contributed by atoms with Crippen LogP contribution in [-0.2, 0) is 4.74 Å². The minimum absolute atomic E-state index is 0.146. The molecule has 0 radical (unpaired) electrons. The van der Waals surface area contributed by atoms with Gasteiger partial charge in [-0.15, -0.1) is 0 Å². The van der Waals surface area contributed by atoms with Crippen molar-refractivity contribution >= 4 is 46.6 Å². The number of nitrogens with zero attached hydrogens (tertiary/aromatic N) is 2. The van der Waals surface area contributed by atoms with E-state index < -0.39 is 0 Å². The molecule has 148 valence electrons. The lowest BCUT2D eigenvalue weighted by molar-refractivity contribution is 0.152. The number of carbonyl (C=O) groups is 1. The molecule has 2 atom stereocenters. The summed E-state index contributed by atoms with van der Waals surface area (Å²) in [6.45, 7) is 2.69. The Kier molecular flexibility index (Phi) is 5.91. The minimum Gasteiger partial charge on any atom is -0.448 e. The number of hydrogen-bond acceptors (Lipinski definition) is 3. The predicted molar refractivity (Wildman–Crippen MR) is 114 cm³/mol. The van der Waals surface area contributed by atoms with Gasteiger partial charge in [0.15, 0.2) is 0 Å². The summed E-state index contributed by atoms with van der Waals surface area (Å²) in [7, 11) is 0. The maximum absolute atomic E-state index is 11.8. The third kappa shape index (κ3) is 4.19. The van der Waals surface area contributed by atoms with Crippen LogP contribution >= 0.6 is 34.8 Å². The van der Waals surface area contributed by atoms with Crippen molar-refractivity contribution in [1.29, 1.82) is 0 Å². The molecule has 1 amide bonds. The van der Waals surface area contributed by atoms with E-state index in [1.807, 2.05) is 36.4 Å². The van der Waals surface area contributed by atoms with Gasteiger partial charge in [0, 0.05) is 33.8 Å². The average molecular weight is 440 g/mol. The quantitative estimate of drug-likeness (QED) is 0.581. The van der Waals surface area contributed by atoms with Crippen molar-refractivity contribution in [2.45, 2.75) is 18.9 Å². The molecule has 4 rings (SSSR count). The second kappa shape index (κ2) is 8.40. The molecule has 1 unspecified atom stereocenters. The van der Waals surface area contributed by atoms with E-state index in [4.69, 9.17) is 39.5 Å². The monoisotopic (exact) mass is 438 g/mol. The zero-order chi connectivity index (χ0) is 19.7. The SMILES string of the molecule is O=C1OCCN1C[C@@H]1CCC(c2ccc(Cl)cc2Cl)N(c2ccc(Cl)cc2)C1. The van der Waals surface area contributed by atoms with Crippen LogP contribution in [0.25, 0.3) is 0 Å². The zero-order valence-corrected chi connectivity index (χ0v) is 17.6. The number of hydrogen-bond donors (Lipinski definition) is 0. The predicted octanol–water partition coefficient (Wildman–Crippen LogP) is 6.06. The van der Waals surface area contributed by atoms with Gasteiger partial charge < -0.3 is 14.5 Å². The van der Waals surface area contributed by atoms with Crippen molar-refractivity contribution in [3.8, 4) is 0 Å². The van der Waals surface area contributed by atoms with Crippen LogP contribution in [0.5, 0.6) is 0 Å². The third-order valence-electron chi connectivity index (χ3n) is 5.48. The number of piperidine rings is 1. The maximum Gasteiger partial charge on any atom is 0.409 e. The Labute approximate surface area is 179 Å². The first-order valence-corrected chi connectivity index (χ1v) is 10.5. The first kappa shape index (κ1) is 19.7. The summed E-state index contributed by atoms with van der Waals surface area (Å²) < 4.78 is 5.08. The van der Waals surface area contributed by atoms with E-state index in [2.05, 4.69) is 4.90 Å². The molecule has 2 aliphatic rings. The van der Waals surface area contributed by atoms with Crippen LogP contribution in [0.1, 0.15) is 24.4 Å². The van der Waals surface area contributed by atoms with Gasteiger partial charge in [0.25, 0.3) is 0 Å². The minimum atomic E-state index is -0.207. The van der Waals surface area contributed by atoms with Gasteiger partial charge in [-0.05, 0) is 60.7 Å². The Morgan fingerprint density at radius 2 is 1.75 bits per heavy atom. The molecule has 2 aromatic carbocycles. The average Bonchev–Trinajstić information content (AvgIpc) is 3.07. The van der Waals surface area contributed by atoms with Gasteiger partial charge in [-0.25, -0.2) is 4.79 Å². The van der Waals surface area contributed by atoms with Gasteiger partial charge in [-0.2, -0.15) is 0 Å². The van der Waals surface area contributed by atoms with E-state index in [0.29, 0.717) is 40.7 Å². The number of carbonyl (C=O) groups excluding carboxylic acids is 1. The van der Waals surface area contributed by atoms with E-state index >= 15 is 0 Å². The number of rotatable bonds is 4. The number of benzene rings is 2. The van der Waals surface area contributed by atoms with Gasteiger partial charge in [0.1, 0.15) is 6.61 Å². The molecule has 0 aromatic heterocycles. The van der Waals surface area contributed by atoms with Gasteiger partial charge in [-0.1, -0.05) is 40.9 Å². The van der Waals surface area contributed by atoms with Crippen LogP contribution in [0, 0.1) is 5.92 Å². The number of halogens is 3. The summed E-state index contributed by atoms with van der Waals surface area (Å²) >= 11 is 18.7. The van der Waals surface area contributed by atoms with Crippen LogP contribution in [-0.4, -0.2) is 37.2 Å². The fourth-order valence-electron chi connectivity index (χ4n) is 4.11. The van der Waals surface area contributed by atoms with E-state index in [1.165, 1.54) is 0 Å². The summed E-state index contributed by atoms with van der Waals surface area (Å²) in [5, 5.41) is 2.02. The van der Waals surface area contributed by atoms with E-state index in [1.54, 1.807) is 11.0 Å². The second-order valence-electron chi connectivity index (χ2n) is 7.31.